The van der Waals surface area contributed by atoms with Crippen molar-refractivity contribution in [2.45, 2.75) is 19.4 Å². The molecule has 5 nitrogen and oxygen atoms in total. The lowest BCUT2D eigenvalue weighted by molar-refractivity contribution is 0.0599. The molecule has 0 spiro atoms. The highest BCUT2D eigenvalue weighted by molar-refractivity contribution is 6.05. The summed E-state index contributed by atoms with van der Waals surface area (Å²) in [5, 5.41) is 3.31. The Morgan fingerprint density at radius 2 is 1.86 bits per heavy atom. The van der Waals surface area contributed by atoms with Crippen LogP contribution in [0.5, 0.6) is 11.5 Å². The molecular formula is C16H24N2O3. The van der Waals surface area contributed by atoms with E-state index >= 15 is 0 Å². The van der Waals surface area contributed by atoms with Gasteiger partial charge in [0.05, 0.1) is 25.3 Å². The first kappa shape index (κ1) is 15.8. The number of rotatable bonds is 5. The third kappa shape index (κ3) is 3.19. The molecule has 0 amide bonds. The van der Waals surface area contributed by atoms with Crippen molar-refractivity contribution in [3.63, 3.8) is 0 Å². The van der Waals surface area contributed by atoms with E-state index in [1.165, 1.54) is 0 Å². The maximum atomic E-state index is 13.0. The van der Waals surface area contributed by atoms with E-state index in [2.05, 4.69) is 10.2 Å². The normalized spacial score (nSPS) is 16.6. The first-order valence-corrected chi connectivity index (χ1v) is 7.23. The number of piperazine rings is 1. The summed E-state index contributed by atoms with van der Waals surface area (Å²) in [6.07, 6.45) is 0. The van der Waals surface area contributed by atoms with Gasteiger partial charge in [0.1, 0.15) is 11.5 Å². The minimum absolute atomic E-state index is 0.0731. The van der Waals surface area contributed by atoms with Crippen LogP contribution < -0.4 is 14.8 Å². The average molecular weight is 292 g/mol. The number of nitrogens with one attached hydrogen (secondary N) is 1. The van der Waals surface area contributed by atoms with E-state index in [1.54, 1.807) is 32.4 Å². The third-order valence-electron chi connectivity index (χ3n) is 4.12. The first-order chi connectivity index (χ1) is 10.0. The van der Waals surface area contributed by atoms with Crippen LogP contribution in [0.3, 0.4) is 0 Å². The van der Waals surface area contributed by atoms with Crippen LogP contribution in [-0.4, -0.2) is 56.6 Å². The second-order valence-corrected chi connectivity index (χ2v) is 5.69. The van der Waals surface area contributed by atoms with Gasteiger partial charge in [-0.05, 0) is 26.0 Å². The molecule has 0 radical (unpaired) electrons. The van der Waals surface area contributed by atoms with Gasteiger partial charge in [0, 0.05) is 32.2 Å². The number of methoxy groups -OCH3 is 2. The third-order valence-corrected chi connectivity index (χ3v) is 4.12. The molecule has 5 heteroatoms. The molecule has 1 fully saturated rings. The second-order valence-electron chi connectivity index (χ2n) is 5.69. The zero-order chi connectivity index (χ0) is 15.5. The highest BCUT2D eigenvalue weighted by Crippen LogP contribution is 2.30. The first-order valence-electron chi connectivity index (χ1n) is 7.23. The van der Waals surface area contributed by atoms with Gasteiger partial charge in [-0.1, -0.05) is 0 Å². The Kier molecular flexibility index (Phi) is 4.85. The van der Waals surface area contributed by atoms with E-state index in [4.69, 9.17) is 9.47 Å². The predicted molar refractivity (Wildman–Crippen MR) is 82.4 cm³/mol. The highest BCUT2D eigenvalue weighted by Gasteiger charge is 2.37. The maximum absolute atomic E-state index is 13.0. The molecule has 1 aliphatic heterocycles. The Labute approximate surface area is 126 Å². The van der Waals surface area contributed by atoms with Crippen molar-refractivity contribution in [2.24, 2.45) is 0 Å². The lowest BCUT2D eigenvalue weighted by atomic mass is 9.90. The van der Waals surface area contributed by atoms with E-state index < -0.39 is 5.54 Å². The monoisotopic (exact) mass is 292 g/mol. The van der Waals surface area contributed by atoms with Gasteiger partial charge >= 0.3 is 0 Å². The quantitative estimate of drug-likeness (QED) is 0.835. The van der Waals surface area contributed by atoms with Gasteiger partial charge in [0.25, 0.3) is 0 Å². The Morgan fingerprint density at radius 1 is 1.19 bits per heavy atom. The molecule has 1 saturated heterocycles. The molecule has 21 heavy (non-hydrogen) atoms. The lowest BCUT2D eigenvalue weighted by Gasteiger charge is -2.40. The minimum Gasteiger partial charge on any atom is -0.497 e. The molecule has 1 N–H and O–H groups in total. The Hall–Kier alpha value is -1.59. The lowest BCUT2D eigenvalue weighted by Crippen LogP contribution is -2.57. The van der Waals surface area contributed by atoms with Crippen LogP contribution >= 0.6 is 0 Å². The summed E-state index contributed by atoms with van der Waals surface area (Å²) in [5.74, 6) is 1.31. The van der Waals surface area contributed by atoms with Crippen molar-refractivity contribution < 1.29 is 14.3 Å². The fourth-order valence-corrected chi connectivity index (χ4v) is 2.68. The molecule has 0 saturated carbocycles. The fourth-order valence-electron chi connectivity index (χ4n) is 2.68. The Bertz CT molecular complexity index is 508. The summed E-state index contributed by atoms with van der Waals surface area (Å²) < 4.78 is 10.5. The van der Waals surface area contributed by atoms with Crippen LogP contribution in [0.25, 0.3) is 0 Å². The predicted octanol–water partition coefficient (Wildman–Crippen LogP) is 1.57. The number of Topliss-reactive ketones (excluding diaryl/α,β-unsaturated/α-hetero) is 1. The summed E-state index contributed by atoms with van der Waals surface area (Å²) in [6, 6.07) is 5.33. The maximum Gasteiger partial charge on any atom is 0.186 e. The molecular weight excluding hydrogens is 268 g/mol. The SMILES string of the molecule is COc1ccc(C(=O)C(C)(C)N2CCNCC2)c(OC)c1. The van der Waals surface area contributed by atoms with E-state index in [9.17, 15) is 4.79 Å². The van der Waals surface area contributed by atoms with E-state index in [0.29, 0.717) is 17.1 Å². The number of nitrogens with zero attached hydrogens (tertiary/aromatic N) is 1. The summed E-state index contributed by atoms with van der Waals surface area (Å²) >= 11 is 0. The van der Waals surface area contributed by atoms with Crippen LogP contribution in [0, 0.1) is 0 Å². The van der Waals surface area contributed by atoms with Crippen molar-refractivity contribution in [2.75, 3.05) is 40.4 Å². The van der Waals surface area contributed by atoms with Gasteiger partial charge in [-0.3, -0.25) is 9.69 Å². The van der Waals surface area contributed by atoms with Crippen molar-refractivity contribution in [1.29, 1.82) is 0 Å². The highest BCUT2D eigenvalue weighted by atomic mass is 16.5. The molecule has 0 aromatic heterocycles. The van der Waals surface area contributed by atoms with Crippen LogP contribution in [0.4, 0.5) is 0 Å². The topological polar surface area (TPSA) is 50.8 Å². The molecule has 1 aliphatic rings. The van der Waals surface area contributed by atoms with Gasteiger partial charge in [-0.15, -0.1) is 0 Å². The summed E-state index contributed by atoms with van der Waals surface area (Å²) in [7, 11) is 3.17. The molecule has 2 rings (SSSR count). The van der Waals surface area contributed by atoms with Crippen LogP contribution in [-0.2, 0) is 0 Å². The van der Waals surface area contributed by atoms with Crippen LogP contribution in [0.15, 0.2) is 18.2 Å². The van der Waals surface area contributed by atoms with E-state index in [0.717, 1.165) is 26.2 Å². The van der Waals surface area contributed by atoms with E-state index in [1.807, 2.05) is 13.8 Å². The van der Waals surface area contributed by atoms with Crippen LogP contribution in [0.2, 0.25) is 0 Å². The number of carbonyl (C=O) groups is 1. The molecule has 1 heterocycles. The molecule has 0 unspecified atom stereocenters. The summed E-state index contributed by atoms with van der Waals surface area (Å²) in [4.78, 5) is 15.2. The van der Waals surface area contributed by atoms with Gasteiger partial charge in [-0.2, -0.15) is 0 Å². The number of hydrogen-bond donors (Lipinski definition) is 1. The number of ether oxygens (including phenoxy) is 2. The molecule has 0 bridgehead atoms. The Morgan fingerprint density at radius 3 is 2.43 bits per heavy atom. The largest absolute Gasteiger partial charge is 0.497 e. The van der Waals surface area contributed by atoms with Gasteiger partial charge in [0.2, 0.25) is 0 Å². The smallest absolute Gasteiger partial charge is 0.186 e. The second kappa shape index (κ2) is 6.45. The standard InChI is InChI=1S/C16H24N2O3/c1-16(2,18-9-7-17-8-10-18)15(19)13-6-5-12(20-3)11-14(13)21-4/h5-6,11,17H,7-10H2,1-4H3. The molecule has 1 aromatic carbocycles. The number of ketones is 1. The minimum atomic E-state index is -0.552. The summed E-state index contributed by atoms with van der Waals surface area (Å²) in [5.41, 5.74) is 0.0473. The van der Waals surface area contributed by atoms with Gasteiger partial charge in [-0.25, -0.2) is 0 Å². The van der Waals surface area contributed by atoms with Crippen molar-refractivity contribution in [3.05, 3.63) is 23.8 Å². The fraction of sp³-hybridized carbons (Fsp3) is 0.562. The van der Waals surface area contributed by atoms with Crippen molar-refractivity contribution in [1.82, 2.24) is 10.2 Å². The molecule has 0 atom stereocenters. The molecule has 116 valence electrons. The van der Waals surface area contributed by atoms with Gasteiger partial charge < -0.3 is 14.8 Å². The Balaban J connectivity index is 2.29. The van der Waals surface area contributed by atoms with Gasteiger partial charge in [0.15, 0.2) is 5.78 Å². The number of carbonyl (C=O) groups excluding carboxylic acids is 1. The molecule has 0 aliphatic carbocycles. The zero-order valence-corrected chi connectivity index (χ0v) is 13.2. The molecule has 1 aromatic rings. The van der Waals surface area contributed by atoms with Crippen molar-refractivity contribution >= 4 is 5.78 Å². The average Bonchev–Trinajstić information content (AvgIpc) is 2.54. The van der Waals surface area contributed by atoms with Crippen molar-refractivity contribution in [3.8, 4) is 11.5 Å². The number of benzene rings is 1. The van der Waals surface area contributed by atoms with E-state index in [-0.39, 0.29) is 5.78 Å². The van der Waals surface area contributed by atoms with Crippen LogP contribution in [0.1, 0.15) is 24.2 Å². The summed E-state index contributed by atoms with van der Waals surface area (Å²) in [6.45, 7) is 7.52. The zero-order valence-electron chi connectivity index (χ0n) is 13.2. The number of hydrogen-bond acceptors (Lipinski definition) is 5.